The van der Waals surface area contributed by atoms with Crippen LogP contribution in [0.2, 0.25) is 0 Å². The second-order valence-corrected chi connectivity index (χ2v) is 5.85. The second-order valence-electron chi connectivity index (χ2n) is 5.85. The van der Waals surface area contributed by atoms with E-state index in [2.05, 4.69) is 9.97 Å². The van der Waals surface area contributed by atoms with E-state index in [0.717, 1.165) is 0 Å². The summed E-state index contributed by atoms with van der Waals surface area (Å²) in [6.07, 6.45) is -6.09. The highest BCUT2D eigenvalue weighted by Crippen LogP contribution is 2.34. The molecule has 2 atom stereocenters. The van der Waals surface area contributed by atoms with E-state index in [9.17, 15) is 26.3 Å². The maximum atomic E-state index is 12.6. The summed E-state index contributed by atoms with van der Waals surface area (Å²) < 4.78 is 75.3. The molecule has 0 N–H and O–H groups in total. The molecule has 0 amide bonds. The number of halogens is 6. The van der Waals surface area contributed by atoms with Crippen LogP contribution in [-0.4, -0.2) is 52.8 Å². The predicted molar refractivity (Wildman–Crippen MR) is 68.8 cm³/mol. The van der Waals surface area contributed by atoms with Crippen LogP contribution in [-0.2, 0) is 6.18 Å². The zero-order chi connectivity index (χ0) is 16.8. The van der Waals surface area contributed by atoms with Gasteiger partial charge in [-0.25, -0.2) is 9.97 Å². The van der Waals surface area contributed by atoms with Crippen molar-refractivity contribution in [3.63, 3.8) is 0 Å². The highest BCUT2D eigenvalue weighted by atomic mass is 19.4. The lowest BCUT2D eigenvalue weighted by molar-refractivity contribution is -0.153. The van der Waals surface area contributed by atoms with Crippen molar-refractivity contribution in [1.29, 1.82) is 0 Å². The molecule has 1 aromatic heterocycles. The molecule has 3 heterocycles. The Morgan fingerprint density at radius 3 is 1.91 bits per heavy atom. The Kier molecular flexibility index (Phi) is 3.89. The average molecular weight is 340 g/mol. The maximum absolute atomic E-state index is 12.6. The van der Waals surface area contributed by atoms with Crippen molar-refractivity contribution < 1.29 is 26.3 Å². The Bertz CT molecular complexity index is 541. The van der Waals surface area contributed by atoms with Gasteiger partial charge in [-0.05, 0) is 12.8 Å². The summed E-state index contributed by atoms with van der Waals surface area (Å²) in [5, 5.41) is 0. The summed E-state index contributed by atoms with van der Waals surface area (Å²) in [6, 6.07) is -0.553. The molecule has 23 heavy (non-hydrogen) atoms. The monoisotopic (exact) mass is 340 g/mol. The van der Waals surface area contributed by atoms with Crippen molar-refractivity contribution >= 4 is 5.95 Å². The number of nitrogens with zero attached hydrogens (tertiary/aromatic N) is 4. The number of piperazine rings is 1. The van der Waals surface area contributed by atoms with Crippen LogP contribution in [0.1, 0.15) is 18.4 Å². The standard InChI is InChI=1S/C13H14F6N4/c14-12(15,16)7-23-9-1-2-10(23)6-22(5-9)11-20-3-8(4-21-11)13(17,18)19/h3-4,9-10H,1-2,5-7H2. The Labute approximate surface area is 128 Å². The summed E-state index contributed by atoms with van der Waals surface area (Å²) in [5.74, 6) is 0.126. The van der Waals surface area contributed by atoms with E-state index in [-0.39, 0.29) is 31.1 Å². The lowest BCUT2D eigenvalue weighted by Gasteiger charge is -2.41. The van der Waals surface area contributed by atoms with E-state index in [0.29, 0.717) is 25.2 Å². The van der Waals surface area contributed by atoms with E-state index in [4.69, 9.17) is 0 Å². The van der Waals surface area contributed by atoms with Crippen molar-refractivity contribution in [2.45, 2.75) is 37.3 Å². The van der Waals surface area contributed by atoms with Gasteiger partial charge in [-0.2, -0.15) is 26.3 Å². The molecule has 2 fully saturated rings. The van der Waals surface area contributed by atoms with Gasteiger partial charge in [-0.1, -0.05) is 0 Å². The van der Waals surface area contributed by atoms with Gasteiger partial charge in [-0.3, -0.25) is 4.90 Å². The van der Waals surface area contributed by atoms with Crippen LogP contribution in [0.5, 0.6) is 0 Å². The van der Waals surface area contributed by atoms with E-state index >= 15 is 0 Å². The number of hydrogen-bond acceptors (Lipinski definition) is 4. The zero-order valence-corrected chi connectivity index (χ0v) is 11.9. The van der Waals surface area contributed by atoms with Crippen LogP contribution in [0, 0.1) is 0 Å². The molecule has 2 aliphatic rings. The highest BCUT2D eigenvalue weighted by Gasteiger charge is 2.45. The molecular weight excluding hydrogens is 326 g/mol. The third-order valence-corrected chi connectivity index (χ3v) is 4.24. The number of alkyl halides is 6. The Balaban J connectivity index is 1.71. The van der Waals surface area contributed by atoms with Gasteiger partial charge in [0, 0.05) is 37.6 Å². The van der Waals surface area contributed by atoms with Crippen LogP contribution >= 0.6 is 0 Å². The zero-order valence-electron chi connectivity index (χ0n) is 11.9. The third kappa shape index (κ3) is 3.51. The first kappa shape index (κ1) is 16.3. The van der Waals surface area contributed by atoms with E-state index in [1.54, 1.807) is 4.90 Å². The summed E-state index contributed by atoms with van der Waals surface area (Å²) in [5.41, 5.74) is -0.945. The lowest BCUT2D eigenvalue weighted by Crippen LogP contribution is -2.56. The number of aromatic nitrogens is 2. The first-order valence-corrected chi connectivity index (χ1v) is 7.10. The molecule has 2 aliphatic heterocycles. The fraction of sp³-hybridized carbons (Fsp3) is 0.692. The molecule has 2 unspecified atom stereocenters. The van der Waals surface area contributed by atoms with Crippen LogP contribution in [0.25, 0.3) is 0 Å². The SMILES string of the molecule is FC(F)(F)CN1C2CCC1CN(c1ncc(C(F)(F)F)cn1)C2. The number of hydrogen-bond donors (Lipinski definition) is 0. The van der Waals surface area contributed by atoms with Crippen LogP contribution < -0.4 is 4.90 Å². The summed E-state index contributed by atoms with van der Waals surface area (Å²) in [7, 11) is 0. The molecular formula is C13H14F6N4. The Hall–Kier alpha value is -1.58. The fourth-order valence-electron chi connectivity index (χ4n) is 3.25. The van der Waals surface area contributed by atoms with Crippen molar-refractivity contribution in [3.05, 3.63) is 18.0 Å². The Morgan fingerprint density at radius 1 is 0.957 bits per heavy atom. The number of anilines is 1. The van der Waals surface area contributed by atoms with Crippen LogP contribution in [0.3, 0.4) is 0 Å². The molecule has 10 heteroatoms. The summed E-state index contributed by atoms with van der Waals surface area (Å²) in [4.78, 5) is 10.5. The van der Waals surface area contributed by atoms with Gasteiger partial charge >= 0.3 is 12.4 Å². The first-order chi connectivity index (χ1) is 10.6. The lowest BCUT2D eigenvalue weighted by atomic mass is 10.2. The van der Waals surface area contributed by atoms with Gasteiger partial charge in [0.25, 0.3) is 0 Å². The number of fused-ring (bicyclic) bond motifs is 2. The molecule has 2 bridgehead atoms. The van der Waals surface area contributed by atoms with Crippen LogP contribution in [0.15, 0.2) is 12.4 Å². The minimum atomic E-state index is -4.51. The van der Waals surface area contributed by atoms with Gasteiger partial charge in [0.1, 0.15) is 0 Å². The first-order valence-electron chi connectivity index (χ1n) is 7.10. The molecule has 128 valence electrons. The van der Waals surface area contributed by atoms with Gasteiger partial charge in [-0.15, -0.1) is 0 Å². The van der Waals surface area contributed by atoms with Gasteiger partial charge in [0.05, 0.1) is 12.1 Å². The van der Waals surface area contributed by atoms with Gasteiger partial charge in [0.15, 0.2) is 0 Å². The molecule has 2 saturated heterocycles. The van der Waals surface area contributed by atoms with E-state index < -0.39 is 24.5 Å². The largest absolute Gasteiger partial charge is 0.419 e. The topological polar surface area (TPSA) is 32.3 Å². The molecule has 4 nitrogen and oxygen atoms in total. The van der Waals surface area contributed by atoms with E-state index in [1.807, 2.05) is 0 Å². The van der Waals surface area contributed by atoms with E-state index in [1.165, 1.54) is 4.90 Å². The molecule has 1 aromatic rings. The smallest absolute Gasteiger partial charge is 0.338 e. The quantitative estimate of drug-likeness (QED) is 0.775. The number of rotatable bonds is 2. The normalized spacial score (nSPS) is 25.9. The third-order valence-electron chi connectivity index (χ3n) is 4.24. The molecule has 0 saturated carbocycles. The van der Waals surface area contributed by atoms with Gasteiger partial charge in [0.2, 0.25) is 5.95 Å². The molecule has 0 aliphatic carbocycles. The Morgan fingerprint density at radius 2 is 1.48 bits per heavy atom. The summed E-state index contributed by atoms with van der Waals surface area (Å²) >= 11 is 0. The predicted octanol–water partition coefficient (Wildman–Crippen LogP) is 2.71. The summed E-state index contributed by atoms with van der Waals surface area (Å²) in [6.45, 7) is -0.375. The van der Waals surface area contributed by atoms with Crippen molar-refractivity contribution in [1.82, 2.24) is 14.9 Å². The molecule has 0 radical (unpaired) electrons. The van der Waals surface area contributed by atoms with Crippen molar-refractivity contribution in [2.24, 2.45) is 0 Å². The minimum absolute atomic E-state index is 0.126. The highest BCUT2D eigenvalue weighted by molar-refractivity contribution is 5.33. The molecule has 3 rings (SSSR count). The maximum Gasteiger partial charge on any atom is 0.419 e. The van der Waals surface area contributed by atoms with Crippen molar-refractivity contribution in [3.8, 4) is 0 Å². The minimum Gasteiger partial charge on any atom is -0.338 e. The average Bonchev–Trinajstić information content (AvgIpc) is 2.68. The molecule has 0 aromatic carbocycles. The second kappa shape index (κ2) is 5.50. The molecule has 0 spiro atoms. The van der Waals surface area contributed by atoms with Crippen molar-refractivity contribution in [2.75, 3.05) is 24.5 Å². The van der Waals surface area contributed by atoms with Gasteiger partial charge < -0.3 is 4.90 Å². The van der Waals surface area contributed by atoms with Crippen LogP contribution in [0.4, 0.5) is 32.3 Å². The fourth-order valence-corrected chi connectivity index (χ4v) is 3.25.